The number of cyclic esters (lactones) is 1. The van der Waals surface area contributed by atoms with Gasteiger partial charge in [-0.15, -0.1) is 0 Å². The lowest BCUT2D eigenvalue weighted by molar-refractivity contribution is -0.118. The Morgan fingerprint density at radius 1 is 0.939 bits per heavy atom. The van der Waals surface area contributed by atoms with Crippen molar-refractivity contribution in [3.05, 3.63) is 102 Å². The van der Waals surface area contributed by atoms with Crippen molar-refractivity contribution in [1.29, 1.82) is 0 Å². The van der Waals surface area contributed by atoms with E-state index >= 15 is 0 Å². The number of hydrogen-bond donors (Lipinski definition) is 1. The van der Waals surface area contributed by atoms with Crippen LogP contribution in [-0.2, 0) is 15.1 Å². The number of amides is 2. The van der Waals surface area contributed by atoms with E-state index in [4.69, 9.17) is 4.74 Å². The maximum absolute atomic E-state index is 13.1. The highest BCUT2D eigenvalue weighted by molar-refractivity contribution is 5.92. The number of halogens is 1. The van der Waals surface area contributed by atoms with Gasteiger partial charge in [-0.05, 0) is 24.3 Å². The fourth-order valence-electron chi connectivity index (χ4n) is 4.79. The van der Waals surface area contributed by atoms with Gasteiger partial charge in [-0.3, -0.25) is 14.6 Å². The molecule has 7 heteroatoms. The third-order valence-electron chi connectivity index (χ3n) is 6.32. The Balaban J connectivity index is 1.41. The van der Waals surface area contributed by atoms with E-state index in [9.17, 15) is 14.0 Å². The van der Waals surface area contributed by atoms with Gasteiger partial charge in [0.2, 0.25) is 5.91 Å². The summed E-state index contributed by atoms with van der Waals surface area (Å²) in [5.41, 5.74) is 1.37. The number of nitrogens with one attached hydrogen (secondary N) is 1. The smallest absolute Gasteiger partial charge is 0.411 e. The van der Waals surface area contributed by atoms with Crippen molar-refractivity contribution in [3.63, 3.8) is 0 Å². The predicted octanol–water partition coefficient (Wildman–Crippen LogP) is 3.84. The van der Waals surface area contributed by atoms with Crippen molar-refractivity contribution in [2.45, 2.75) is 11.6 Å². The van der Waals surface area contributed by atoms with Gasteiger partial charge in [0.1, 0.15) is 5.82 Å². The molecule has 0 radical (unpaired) electrons. The Hall–Kier alpha value is -3.71. The van der Waals surface area contributed by atoms with Crippen LogP contribution >= 0.6 is 0 Å². The second kappa shape index (κ2) is 8.67. The van der Waals surface area contributed by atoms with Crippen LogP contribution in [0, 0.1) is 5.82 Å². The minimum Gasteiger partial charge on any atom is -0.431 e. The SMILES string of the molecule is O=C(CN1CCN2C(=O)OC(c3ccccc3)(c3ccccc3)C2C1)Nc1ccc(F)cc1. The molecule has 168 valence electrons. The van der Waals surface area contributed by atoms with Crippen molar-refractivity contribution in [1.82, 2.24) is 9.80 Å². The summed E-state index contributed by atoms with van der Waals surface area (Å²) in [6.07, 6.45) is -0.344. The number of anilines is 1. The Bertz CT molecular complexity index is 1100. The number of fused-ring (bicyclic) bond motifs is 1. The van der Waals surface area contributed by atoms with E-state index in [1.165, 1.54) is 24.3 Å². The topological polar surface area (TPSA) is 61.9 Å². The van der Waals surface area contributed by atoms with E-state index in [1.807, 2.05) is 65.6 Å². The van der Waals surface area contributed by atoms with Crippen molar-refractivity contribution in [2.24, 2.45) is 0 Å². The third-order valence-corrected chi connectivity index (χ3v) is 6.32. The molecule has 2 saturated heterocycles. The van der Waals surface area contributed by atoms with Gasteiger partial charge in [0.15, 0.2) is 5.60 Å². The van der Waals surface area contributed by atoms with Crippen LogP contribution in [0.3, 0.4) is 0 Å². The summed E-state index contributed by atoms with van der Waals surface area (Å²) in [5.74, 6) is -0.543. The average Bonchev–Trinajstić information content (AvgIpc) is 3.14. The van der Waals surface area contributed by atoms with Gasteiger partial charge in [0.25, 0.3) is 0 Å². The Morgan fingerprint density at radius 3 is 2.15 bits per heavy atom. The minimum atomic E-state index is -0.967. The number of rotatable bonds is 5. The van der Waals surface area contributed by atoms with E-state index in [0.717, 1.165) is 11.1 Å². The Kier molecular flexibility index (Phi) is 5.56. The number of benzene rings is 3. The third kappa shape index (κ3) is 3.96. The summed E-state index contributed by atoms with van der Waals surface area (Å²) < 4.78 is 19.3. The van der Waals surface area contributed by atoms with Crippen LogP contribution in [-0.4, -0.2) is 54.0 Å². The molecule has 5 rings (SSSR count). The van der Waals surface area contributed by atoms with E-state index in [-0.39, 0.29) is 30.4 Å². The maximum atomic E-state index is 13.1. The van der Waals surface area contributed by atoms with Gasteiger partial charge in [0, 0.05) is 36.4 Å². The molecule has 2 aliphatic heterocycles. The monoisotopic (exact) mass is 445 g/mol. The van der Waals surface area contributed by atoms with Crippen LogP contribution < -0.4 is 5.32 Å². The normalized spacial score (nSPS) is 19.6. The molecule has 2 amide bonds. The largest absolute Gasteiger partial charge is 0.431 e. The molecule has 2 heterocycles. The average molecular weight is 445 g/mol. The lowest BCUT2D eigenvalue weighted by atomic mass is 9.79. The zero-order valence-electron chi connectivity index (χ0n) is 18.0. The summed E-state index contributed by atoms with van der Waals surface area (Å²) in [6.45, 7) is 1.67. The molecule has 3 aromatic carbocycles. The summed E-state index contributed by atoms with van der Waals surface area (Å²) in [6, 6.07) is 24.9. The molecule has 2 aliphatic rings. The first-order valence-electron chi connectivity index (χ1n) is 10.9. The zero-order chi connectivity index (χ0) is 22.8. The van der Waals surface area contributed by atoms with E-state index < -0.39 is 5.60 Å². The van der Waals surface area contributed by atoms with Crippen molar-refractivity contribution in [3.8, 4) is 0 Å². The molecule has 6 nitrogen and oxygen atoms in total. The summed E-state index contributed by atoms with van der Waals surface area (Å²) in [5, 5.41) is 2.81. The van der Waals surface area contributed by atoms with Crippen molar-refractivity contribution < 1.29 is 18.7 Å². The lowest BCUT2D eigenvalue weighted by Crippen LogP contribution is -2.58. The molecule has 33 heavy (non-hydrogen) atoms. The van der Waals surface area contributed by atoms with Crippen LogP contribution in [0.5, 0.6) is 0 Å². The second-order valence-corrected chi connectivity index (χ2v) is 8.34. The molecule has 3 aromatic rings. The Morgan fingerprint density at radius 2 is 1.55 bits per heavy atom. The first kappa shape index (κ1) is 21.2. The molecule has 1 atom stereocenters. The quantitative estimate of drug-likeness (QED) is 0.648. The van der Waals surface area contributed by atoms with Crippen molar-refractivity contribution >= 4 is 17.7 Å². The minimum absolute atomic E-state index is 0.162. The molecule has 0 aromatic heterocycles. The van der Waals surface area contributed by atoms with Crippen LogP contribution in [0.15, 0.2) is 84.9 Å². The number of carbonyl (C=O) groups is 2. The predicted molar refractivity (Wildman–Crippen MR) is 122 cm³/mol. The van der Waals surface area contributed by atoms with Gasteiger partial charge >= 0.3 is 6.09 Å². The second-order valence-electron chi connectivity index (χ2n) is 8.34. The Labute approximate surface area is 191 Å². The molecular weight excluding hydrogens is 421 g/mol. The molecule has 2 fully saturated rings. The highest BCUT2D eigenvalue weighted by atomic mass is 19.1. The number of hydrogen-bond acceptors (Lipinski definition) is 4. The van der Waals surface area contributed by atoms with Gasteiger partial charge in [0.05, 0.1) is 12.6 Å². The molecule has 0 spiro atoms. The van der Waals surface area contributed by atoms with E-state index in [2.05, 4.69) is 5.32 Å². The maximum Gasteiger partial charge on any atom is 0.411 e. The first-order chi connectivity index (χ1) is 16.1. The highest BCUT2D eigenvalue weighted by Gasteiger charge is 2.57. The van der Waals surface area contributed by atoms with Crippen molar-refractivity contribution in [2.75, 3.05) is 31.5 Å². The fraction of sp³-hybridized carbons (Fsp3) is 0.231. The first-order valence-corrected chi connectivity index (χ1v) is 10.9. The molecule has 0 saturated carbocycles. The number of ether oxygens (including phenoxy) is 1. The zero-order valence-corrected chi connectivity index (χ0v) is 18.0. The van der Waals surface area contributed by atoms with Crippen LogP contribution in [0.25, 0.3) is 0 Å². The summed E-state index contributed by atoms with van der Waals surface area (Å²) in [4.78, 5) is 29.4. The van der Waals surface area contributed by atoms with Crippen LogP contribution in [0.2, 0.25) is 0 Å². The molecule has 0 bridgehead atoms. The van der Waals surface area contributed by atoms with Crippen LogP contribution in [0.4, 0.5) is 14.9 Å². The standard InChI is InChI=1S/C26H24FN3O3/c27-21-11-13-22(14-12-21)28-24(31)18-29-15-16-30-23(17-29)26(33-25(30)32,19-7-3-1-4-8-19)20-9-5-2-6-10-20/h1-14,23H,15-18H2,(H,28,31). The van der Waals surface area contributed by atoms with Gasteiger partial charge < -0.3 is 10.1 Å². The molecule has 1 unspecified atom stereocenters. The highest BCUT2D eigenvalue weighted by Crippen LogP contribution is 2.45. The summed E-state index contributed by atoms with van der Waals surface area (Å²) >= 11 is 0. The van der Waals surface area contributed by atoms with E-state index in [0.29, 0.717) is 25.3 Å². The molecule has 0 aliphatic carbocycles. The molecular formula is C26H24FN3O3. The fourth-order valence-corrected chi connectivity index (χ4v) is 4.79. The lowest BCUT2D eigenvalue weighted by Gasteiger charge is -2.42. The number of piperazine rings is 1. The summed E-state index contributed by atoms with van der Waals surface area (Å²) in [7, 11) is 0. The van der Waals surface area contributed by atoms with Crippen LogP contribution in [0.1, 0.15) is 11.1 Å². The number of carbonyl (C=O) groups excluding carboxylic acids is 2. The van der Waals surface area contributed by atoms with Gasteiger partial charge in [-0.1, -0.05) is 60.7 Å². The van der Waals surface area contributed by atoms with Gasteiger partial charge in [-0.2, -0.15) is 0 Å². The van der Waals surface area contributed by atoms with E-state index in [1.54, 1.807) is 4.90 Å². The van der Waals surface area contributed by atoms with Gasteiger partial charge in [-0.25, -0.2) is 9.18 Å². The number of nitrogens with zero attached hydrogens (tertiary/aromatic N) is 2. The molecule has 1 N–H and O–H groups in total.